The summed E-state index contributed by atoms with van der Waals surface area (Å²) in [6.07, 6.45) is 1.67. The van der Waals surface area contributed by atoms with E-state index in [4.69, 9.17) is 11.6 Å². The van der Waals surface area contributed by atoms with Crippen LogP contribution >= 0.6 is 11.6 Å². The molecule has 2 aromatic carbocycles. The minimum atomic E-state index is -0.374. The highest BCUT2D eigenvalue weighted by molar-refractivity contribution is 6.30. The molecule has 0 saturated heterocycles. The fourth-order valence-corrected chi connectivity index (χ4v) is 3.77. The van der Waals surface area contributed by atoms with E-state index in [1.54, 1.807) is 35.1 Å². The number of benzene rings is 2. The van der Waals surface area contributed by atoms with Gasteiger partial charge in [-0.3, -0.25) is 9.59 Å². The number of halogens is 1. The zero-order valence-corrected chi connectivity index (χ0v) is 19.1. The molecule has 0 spiro atoms. The number of aryl methyl sites for hydroxylation is 2. The van der Waals surface area contributed by atoms with Crippen molar-refractivity contribution in [3.05, 3.63) is 80.9 Å². The monoisotopic (exact) mass is 449 g/mol. The van der Waals surface area contributed by atoms with E-state index in [2.05, 4.69) is 15.5 Å². The zero-order chi connectivity index (χ0) is 23.0. The van der Waals surface area contributed by atoms with E-state index >= 15 is 0 Å². The van der Waals surface area contributed by atoms with Crippen LogP contribution in [0.1, 0.15) is 36.6 Å². The molecule has 0 unspecified atom stereocenters. The minimum absolute atomic E-state index is 0.0396. The van der Waals surface area contributed by atoms with Crippen LogP contribution < -0.4 is 10.9 Å². The van der Waals surface area contributed by atoms with Gasteiger partial charge in [0.05, 0.1) is 17.6 Å². The van der Waals surface area contributed by atoms with Gasteiger partial charge >= 0.3 is 0 Å². The summed E-state index contributed by atoms with van der Waals surface area (Å²) in [7, 11) is 0. The van der Waals surface area contributed by atoms with Crippen LogP contribution in [0.4, 0.5) is 5.69 Å². The topological polar surface area (TPSA) is 81.8 Å². The Labute approximate surface area is 190 Å². The summed E-state index contributed by atoms with van der Waals surface area (Å²) in [6.45, 7) is 7.82. The molecule has 8 heteroatoms. The van der Waals surface area contributed by atoms with Gasteiger partial charge in [0.25, 0.3) is 5.56 Å². The smallest absolute Gasteiger partial charge is 0.293 e. The van der Waals surface area contributed by atoms with Crippen molar-refractivity contribution < 1.29 is 4.79 Å². The number of carbonyl (C=O) groups is 1. The third kappa shape index (κ3) is 4.16. The van der Waals surface area contributed by atoms with Gasteiger partial charge in [0, 0.05) is 16.1 Å². The van der Waals surface area contributed by atoms with Crippen molar-refractivity contribution in [3.8, 4) is 5.69 Å². The Balaban J connectivity index is 1.79. The van der Waals surface area contributed by atoms with Gasteiger partial charge in [-0.05, 0) is 61.2 Å². The van der Waals surface area contributed by atoms with E-state index in [0.717, 1.165) is 16.8 Å². The van der Waals surface area contributed by atoms with Gasteiger partial charge < -0.3 is 5.32 Å². The molecule has 0 atom stereocenters. The molecule has 7 nitrogen and oxygen atoms in total. The van der Waals surface area contributed by atoms with Crippen molar-refractivity contribution >= 4 is 34.1 Å². The van der Waals surface area contributed by atoms with E-state index in [9.17, 15) is 9.59 Å². The molecular weight excluding hydrogens is 426 g/mol. The molecule has 0 fully saturated rings. The van der Waals surface area contributed by atoms with Gasteiger partial charge in [0.2, 0.25) is 5.91 Å². The lowest BCUT2D eigenvalue weighted by atomic mass is 10.1. The molecule has 0 aliphatic heterocycles. The molecule has 32 heavy (non-hydrogen) atoms. The molecule has 0 aliphatic carbocycles. The molecule has 0 saturated carbocycles. The maximum absolute atomic E-state index is 13.4. The van der Waals surface area contributed by atoms with Crippen molar-refractivity contribution in [2.75, 3.05) is 5.32 Å². The molecule has 0 bridgehead atoms. The van der Waals surface area contributed by atoms with Crippen LogP contribution in [0.3, 0.4) is 0 Å². The molecule has 2 aromatic heterocycles. The third-order valence-electron chi connectivity index (χ3n) is 5.39. The first-order valence-corrected chi connectivity index (χ1v) is 10.7. The highest BCUT2D eigenvalue weighted by Crippen LogP contribution is 2.24. The average molecular weight is 450 g/mol. The molecule has 1 amide bonds. The standard InChI is InChI=1S/C24H24ClN5O2/c1-14(2)22-20-12-26-30(19-9-8-15(3)16(4)10-19)23(20)24(32)29(28-22)13-21(31)27-18-7-5-6-17(25)11-18/h5-12,14H,13H2,1-4H3,(H,27,31). The summed E-state index contributed by atoms with van der Waals surface area (Å²) in [5, 5.41) is 13.0. The van der Waals surface area contributed by atoms with Gasteiger partial charge in [-0.1, -0.05) is 37.6 Å². The van der Waals surface area contributed by atoms with Crippen molar-refractivity contribution in [1.82, 2.24) is 19.6 Å². The molecule has 2 heterocycles. The highest BCUT2D eigenvalue weighted by Gasteiger charge is 2.20. The number of anilines is 1. The van der Waals surface area contributed by atoms with Crippen LogP contribution in [0.2, 0.25) is 5.02 Å². The first-order chi connectivity index (χ1) is 15.2. The fourth-order valence-electron chi connectivity index (χ4n) is 3.58. The number of carbonyl (C=O) groups excluding carboxylic acids is 1. The summed E-state index contributed by atoms with van der Waals surface area (Å²) in [5.41, 5.74) is 4.35. The lowest BCUT2D eigenvalue weighted by molar-refractivity contribution is -0.117. The van der Waals surface area contributed by atoms with Gasteiger partial charge in [-0.15, -0.1) is 0 Å². The summed E-state index contributed by atoms with van der Waals surface area (Å²) in [5.74, 6) is -0.328. The fraction of sp³-hybridized carbons (Fsp3) is 0.250. The largest absolute Gasteiger partial charge is 0.324 e. The molecule has 0 radical (unpaired) electrons. The number of nitrogens with one attached hydrogen (secondary N) is 1. The Morgan fingerprint density at radius 2 is 1.91 bits per heavy atom. The first-order valence-electron chi connectivity index (χ1n) is 10.4. The number of aromatic nitrogens is 4. The second-order valence-electron chi connectivity index (χ2n) is 8.15. The van der Waals surface area contributed by atoms with Gasteiger partial charge in [0.15, 0.2) is 0 Å². The van der Waals surface area contributed by atoms with E-state index in [1.165, 1.54) is 4.68 Å². The molecule has 164 valence electrons. The lowest BCUT2D eigenvalue weighted by Crippen LogP contribution is -2.31. The Hall–Kier alpha value is -3.45. The Morgan fingerprint density at radius 3 is 2.59 bits per heavy atom. The SMILES string of the molecule is Cc1ccc(-n2ncc3c(C(C)C)nn(CC(=O)Nc4cccc(Cl)c4)c(=O)c32)cc1C. The van der Waals surface area contributed by atoms with Crippen LogP contribution in [-0.4, -0.2) is 25.5 Å². The molecule has 4 rings (SSSR count). The summed E-state index contributed by atoms with van der Waals surface area (Å²) < 4.78 is 2.83. The summed E-state index contributed by atoms with van der Waals surface area (Å²) >= 11 is 5.99. The van der Waals surface area contributed by atoms with Crippen LogP contribution in [-0.2, 0) is 11.3 Å². The van der Waals surface area contributed by atoms with Crippen LogP contribution in [0.15, 0.2) is 53.5 Å². The van der Waals surface area contributed by atoms with Gasteiger partial charge in [-0.25, -0.2) is 9.36 Å². The van der Waals surface area contributed by atoms with Crippen molar-refractivity contribution in [1.29, 1.82) is 0 Å². The normalized spacial score (nSPS) is 11.3. The average Bonchev–Trinajstić information content (AvgIpc) is 3.17. The van der Waals surface area contributed by atoms with Crippen LogP contribution in [0, 0.1) is 13.8 Å². The molecule has 0 aliphatic rings. The zero-order valence-electron chi connectivity index (χ0n) is 18.4. The number of rotatable bonds is 5. The van der Waals surface area contributed by atoms with Crippen LogP contribution in [0.5, 0.6) is 0 Å². The third-order valence-corrected chi connectivity index (χ3v) is 5.63. The quantitative estimate of drug-likeness (QED) is 0.482. The van der Waals surface area contributed by atoms with Crippen molar-refractivity contribution in [2.45, 2.75) is 40.2 Å². The first kappa shape index (κ1) is 21.8. The number of hydrogen-bond acceptors (Lipinski definition) is 4. The van der Waals surface area contributed by atoms with Gasteiger partial charge in [0.1, 0.15) is 12.1 Å². The predicted octanol–water partition coefficient (Wildman–Crippen LogP) is 4.61. The van der Waals surface area contributed by atoms with Gasteiger partial charge in [-0.2, -0.15) is 10.2 Å². The number of fused-ring (bicyclic) bond motifs is 1. The van der Waals surface area contributed by atoms with E-state index in [1.807, 2.05) is 45.9 Å². The number of amides is 1. The predicted molar refractivity (Wildman–Crippen MR) is 127 cm³/mol. The second-order valence-corrected chi connectivity index (χ2v) is 8.58. The molecular formula is C24H24ClN5O2. The Morgan fingerprint density at radius 1 is 1.12 bits per heavy atom. The second kappa shape index (κ2) is 8.59. The lowest BCUT2D eigenvalue weighted by Gasteiger charge is -2.13. The number of hydrogen-bond donors (Lipinski definition) is 1. The van der Waals surface area contributed by atoms with Crippen molar-refractivity contribution in [2.24, 2.45) is 0 Å². The van der Waals surface area contributed by atoms with E-state index in [-0.39, 0.29) is 23.9 Å². The highest BCUT2D eigenvalue weighted by atomic mass is 35.5. The maximum atomic E-state index is 13.4. The summed E-state index contributed by atoms with van der Waals surface area (Å²) in [6, 6.07) is 12.8. The molecule has 1 N–H and O–H groups in total. The molecule has 4 aromatic rings. The Kier molecular flexibility index (Phi) is 5.84. The van der Waals surface area contributed by atoms with E-state index < -0.39 is 0 Å². The van der Waals surface area contributed by atoms with E-state index in [0.29, 0.717) is 27.3 Å². The van der Waals surface area contributed by atoms with Crippen LogP contribution in [0.25, 0.3) is 16.6 Å². The number of nitrogens with zero attached hydrogens (tertiary/aromatic N) is 4. The maximum Gasteiger partial charge on any atom is 0.293 e. The van der Waals surface area contributed by atoms with Crippen molar-refractivity contribution in [3.63, 3.8) is 0 Å². The Bertz CT molecular complexity index is 1390. The summed E-state index contributed by atoms with van der Waals surface area (Å²) in [4.78, 5) is 26.1. The minimum Gasteiger partial charge on any atom is -0.324 e.